The van der Waals surface area contributed by atoms with E-state index < -0.39 is 11.9 Å². The first-order valence-corrected chi connectivity index (χ1v) is 8.30. The molecular formula is C14H8ClIN2O3S. The van der Waals surface area contributed by atoms with Crippen LogP contribution in [0.15, 0.2) is 30.3 Å². The van der Waals surface area contributed by atoms with Crippen molar-refractivity contribution < 1.29 is 14.7 Å². The van der Waals surface area contributed by atoms with Crippen molar-refractivity contribution in [2.75, 3.05) is 0 Å². The largest absolute Gasteiger partial charge is 0.494 e. The molecule has 1 aromatic carbocycles. The molecule has 22 heavy (non-hydrogen) atoms. The number of amides is 1. The van der Waals surface area contributed by atoms with Crippen LogP contribution >= 0.6 is 45.5 Å². The Hall–Kier alpha value is -1.58. The summed E-state index contributed by atoms with van der Waals surface area (Å²) in [5.41, 5.74) is 5.66. The molecule has 3 rings (SSSR count). The van der Waals surface area contributed by atoms with Crippen molar-refractivity contribution >= 4 is 68.2 Å². The third-order valence-electron chi connectivity index (χ3n) is 3.15. The zero-order valence-electron chi connectivity index (χ0n) is 10.8. The van der Waals surface area contributed by atoms with Gasteiger partial charge >= 0.3 is 6.03 Å². The van der Waals surface area contributed by atoms with Gasteiger partial charge in [-0.2, -0.15) is 0 Å². The summed E-state index contributed by atoms with van der Waals surface area (Å²) in [4.78, 5) is 24.7. The summed E-state index contributed by atoms with van der Waals surface area (Å²) in [5.74, 6) is -0.851. The SMILES string of the molecule is NC(=O)n1c(O)c(C(=O)c2ccc(I)s2)c2cc(Cl)ccc21. The highest BCUT2D eigenvalue weighted by molar-refractivity contribution is 14.1. The molecule has 3 N–H and O–H groups in total. The number of nitrogens with zero attached hydrogens (tertiary/aromatic N) is 1. The highest BCUT2D eigenvalue weighted by Gasteiger charge is 2.26. The monoisotopic (exact) mass is 446 g/mol. The van der Waals surface area contributed by atoms with Gasteiger partial charge in [0.15, 0.2) is 0 Å². The first kappa shape index (κ1) is 15.3. The molecule has 112 valence electrons. The number of nitrogens with two attached hydrogens (primary N) is 1. The average Bonchev–Trinajstić information content (AvgIpc) is 2.98. The van der Waals surface area contributed by atoms with Gasteiger partial charge in [-0.15, -0.1) is 11.3 Å². The van der Waals surface area contributed by atoms with Gasteiger partial charge in [0.1, 0.15) is 0 Å². The molecule has 0 unspecified atom stereocenters. The van der Waals surface area contributed by atoms with E-state index in [1.807, 2.05) is 0 Å². The normalized spacial score (nSPS) is 11.0. The Labute approximate surface area is 147 Å². The van der Waals surface area contributed by atoms with E-state index in [1.54, 1.807) is 18.2 Å². The molecule has 0 spiro atoms. The molecule has 0 aliphatic carbocycles. The van der Waals surface area contributed by atoms with Crippen LogP contribution in [-0.2, 0) is 0 Å². The van der Waals surface area contributed by atoms with Crippen LogP contribution in [0.1, 0.15) is 15.2 Å². The number of carbonyl (C=O) groups is 2. The lowest BCUT2D eigenvalue weighted by molar-refractivity contribution is 0.104. The van der Waals surface area contributed by atoms with E-state index in [0.29, 0.717) is 20.8 Å². The fraction of sp³-hybridized carbons (Fsp3) is 0. The fourth-order valence-electron chi connectivity index (χ4n) is 2.26. The second-order valence-corrected chi connectivity index (χ2v) is 7.88. The number of primary amides is 1. The van der Waals surface area contributed by atoms with Crippen LogP contribution in [0.25, 0.3) is 10.9 Å². The minimum Gasteiger partial charge on any atom is -0.494 e. The Balaban J connectivity index is 2.33. The molecule has 2 heterocycles. The summed E-state index contributed by atoms with van der Waals surface area (Å²) in [7, 11) is 0. The van der Waals surface area contributed by atoms with Crippen molar-refractivity contribution in [2.45, 2.75) is 0 Å². The van der Waals surface area contributed by atoms with E-state index in [-0.39, 0.29) is 11.3 Å². The summed E-state index contributed by atoms with van der Waals surface area (Å²) in [5, 5.41) is 11.1. The Morgan fingerprint density at radius 1 is 1.27 bits per heavy atom. The van der Waals surface area contributed by atoms with Crippen molar-refractivity contribution in [3.63, 3.8) is 0 Å². The number of aromatic hydroxyl groups is 1. The zero-order valence-corrected chi connectivity index (χ0v) is 14.6. The molecule has 8 heteroatoms. The number of aromatic nitrogens is 1. The van der Waals surface area contributed by atoms with Crippen LogP contribution in [0.5, 0.6) is 5.88 Å². The molecular weight excluding hydrogens is 439 g/mol. The topological polar surface area (TPSA) is 85.3 Å². The highest BCUT2D eigenvalue weighted by Crippen LogP contribution is 2.35. The number of fused-ring (bicyclic) bond motifs is 1. The van der Waals surface area contributed by atoms with Crippen molar-refractivity contribution in [3.8, 4) is 5.88 Å². The Morgan fingerprint density at radius 3 is 2.59 bits per heavy atom. The van der Waals surface area contributed by atoms with Crippen LogP contribution in [0.2, 0.25) is 5.02 Å². The van der Waals surface area contributed by atoms with Crippen LogP contribution in [0.3, 0.4) is 0 Å². The second-order valence-electron chi connectivity index (χ2n) is 4.47. The lowest BCUT2D eigenvalue weighted by atomic mass is 10.1. The van der Waals surface area contributed by atoms with Crippen LogP contribution in [0, 0.1) is 2.88 Å². The van der Waals surface area contributed by atoms with Crippen molar-refractivity contribution in [3.05, 3.63) is 48.7 Å². The molecule has 0 aliphatic rings. The van der Waals surface area contributed by atoms with E-state index in [0.717, 1.165) is 7.45 Å². The molecule has 0 saturated heterocycles. The maximum Gasteiger partial charge on any atom is 0.326 e. The van der Waals surface area contributed by atoms with Gasteiger partial charge in [-0.05, 0) is 52.9 Å². The number of hydrogen-bond donors (Lipinski definition) is 2. The standard InChI is InChI=1S/C14H8ClIN2O3S/c15-6-1-2-8-7(5-6)11(13(20)18(8)14(17)21)12(19)9-3-4-10(16)22-9/h1-5,20H,(H2,17,21). The second kappa shape index (κ2) is 5.56. The van der Waals surface area contributed by atoms with Gasteiger partial charge in [0.05, 0.1) is 18.8 Å². The third-order valence-corrected chi connectivity index (χ3v) is 5.28. The summed E-state index contributed by atoms with van der Waals surface area (Å²) in [6.07, 6.45) is 0. The number of halogens is 2. The first-order valence-electron chi connectivity index (χ1n) is 6.03. The summed E-state index contributed by atoms with van der Waals surface area (Å²) in [6.45, 7) is 0. The van der Waals surface area contributed by atoms with Gasteiger partial charge in [-0.25, -0.2) is 9.36 Å². The fourth-order valence-corrected chi connectivity index (χ4v) is 4.00. The lowest BCUT2D eigenvalue weighted by Gasteiger charge is -2.00. The number of thiophene rings is 1. The predicted octanol–water partition coefficient (Wildman–Crippen LogP) is 3.82. The minimum absolute atomic E-state index is 0.0227. The van der Waals surface area contributed by atoms with Gasteiger partial charge < -0.3 is 10.8 Å². The average molecular weight is 447 g/mol. The molecule has 2 aromatic heterocycles. The van der Waals surface area contributed by atoms with Gasteiger partial charge in [-0.1, -0.05) is 11.6 Å². The molecule has 0 radical (unpaired) electrons. The van der Waals surface area contributed by atoms with E-state index in [2.05, 4.69) is 22.6 Å². The van der Waals surface area contributed by atoms with Gasteiger partial charge in [0, 0.05) is 10.4 Å². The molecule has 0 atom stereocenters. The smallest absolute Gasteiger partial charge is 0.326 e. The van der Waals surface area contributed by atoms with Gasteiger partial charge in [-0.3, -0.25) is 4.79 Å². The number of ketones is 1. The predicted molar refractivity (Wildman–Crippen MR) is 94.1 cm³/mol. The molecule has 0 fully saturated rings. The van der Waals surface area contributed by atoms with E-state index >= 15 is 0 Å². The van der Waals surface area contributed by atoms with Gasteiger partial charge in [0.2, 0.25) is 11.7 Å². The molecule has 0 bridgehead atoms. The number of hydrogen-bond acceptors (Lipinski definition) is 4. The molecule has 5 nitrogen and oxygen atoms in total. The van der Waals surface area contributed by atoms with Crippen molar-refractivity contribution in [1.29, 1.82) is 0 Å². The van der Waals surface area contributed by atoms with Crippen LogP contribution < -0.4 is 5.73 Å². The Kier molecular flexibility index (Phi) is 3.87. The van der Waals surface area contributed by atoms with Crippen LogP contribution in [0.4, 0.5) is 4.79 Å². The maximum absolute atomic E-state index is 12.7. The third kappa shape index (κ3) is 2.38. The van der Waals surface area contributed by atoms with Crippen molar-refractivity contribution in [1.82, 2.24) is 4.57 Å². The lowest BCUT2D eigenvalue weighted by Crippen LogP contribution is -2.18. The Bertz CT molecular complexity index is 932. The van der Waals surface area contributed by atoms with Crippen molar-refractivity contribution in [2.24, 2.45) is 5.73 Å². The zero-order chi connectivity index (χ0) is 16.0. The van der Waals surface area contributed by atoms with E-state index in [9.17, 15) is 14.7 Å². The van der Waals surface area contributed by atoms with Crippen LogP contribution in [-0.4, -0.2) is 21.5 Å². The molecule has 3 aromatic rings. The number of carbonyl (C=O) groups excluding carboxylic acids is 2. The molecule has 0 saturated carbocycles. The maximum atomic E-state index is 12.7. The number of benzene rings is 1. The summed E-state index contributed by atoms with van der Waals surface area (Å²) >= 11 is 9.37. The molecule has 1 amide bonds. The highest BCUT2D eigenvalue weighted by atomic mass is 127. The minimum atomic E-state index is -0.871. The quantitative estimate of drug-likeness (QED) is 0.463. The van der Waals surface area contributed by atoms with E-state index in [1.165, 1.54) is 23.5 Å². The Morgan fingerprint density at radius 2 is 2.00 bits per heavy atom. The first-order chi connectivity index (χ1) is 10.4. The summed E-state index contributed by atoms with van der Waals surface area (Å²) < 4.78 is 1.84. The summed E-state index contributed by atoms with van der Waals surface area (Å²) in [6, 6.07) is 7.23. The molecule has 0 aliphatic heterocycles. The van der Waals surface area contributed by atoms with E-state index in [4.69, 9.17) is 17.3 Å². The number of rotatable bonds is 2. The van der Waals surface area contributed by atoms with Gasteiger partial charge in [0.25, 0.3) is 0 Å².